The average Bonchev–Trinajstić information content (AvgIpc) is 2.65. The molecule has 1 saturated heterocycles. The molecule has 0 aromatic carbocycles. The molecule has 1 fully saturated rings. The second-order valence-electron chi connectivity index (χ2n) is 3.60. The Hall–Kier alpha value is -1.03. The minimum atomic E-state index is 0. The van der Waals surface area contributed by atoms with Crippen molar-refractivity contribution < 1.29 is 25.5 Å². The van der Waals surface area contributed by atoms with Crippen molar-refractivity contribution in [2.45, 2.75) is 12.5 Å². The molecule has 1 radical (unpaired) electrons. The fraction of sp³-hybridized carbons (Fsp3) is 0.444. The first kappa shape index (κ1) is 11.5. The van der Waals surface area contributed by atoms with Crippen LogP contribution in [-0.4, -0.2) is 39.4 Å². The van der Waals surface area contributed by atoms with Gasteiger partial charge < -0.3 is 20.1 Å². The fourth-order valence-electron chi connectivity index (χ4n) is 1.85. The van der Waals surface area contributed by atoms with E-state index in [1.54, 1.807) is 6.20 Å². The third-order valence-electron chi connectivity index (χ3n) is 2.81. The Morgan fingerprint density at radius 1 is 1.50 bits per heavy atom. The van der Waals surface area contributed by atoms with E-state index in [-0.39, 0.29) is 33.1 Å². The topological polar surface area (TPSA) is 76.2 Å². The van der Waals surface area contributed by atoms with Crippen molar-refractivity contribution in [3.05, 3.63) is 12.5 Å². The Kier molecular flexibility index (Phi) is 3.19. The normalized spacial score (nSPS) is 19.3. The van der Waals surface area contributed by atoms with Gasteiger partial charge in [0, 0.05) is 44.9 Å². The van der Waals surface area contributed by atoms with Gasteiger partial charge in [-0.15, -0.1) is 0 Å². The molecule has 0 amide bonds. The maximum Gasteiger partial charge on any atom is 0.137 e. The van der Waals surface area contributed by atoms with Crippen LogP contribution in [0.4, 0.5) is 5.82 Å². The van der Waals surface area contributed by atoms with Crippen molar-refractivity contribution in [1.82, 2.24) is 20.2 Å². The van der Waals surface area contributed by atoms with Crippen LogP contribution in [0.5, 0.6) is 0 Å². The van der Waals surface area contributed by atoms with Crippen LogP contribution in [0.2, 0.25) is 0 Å². The Balaban J connectivity index is 0.000000963. The maximum absolute atomic E-state index is 9.12. The van der Waals surface area contributed by atoms with Gasteiger partial charge in [0.1, 0.15) is 5.82 Å². The SMILES string of the molecule is OCC1CCN1c1ncnc2[n-]ncc12.[Re]. The van der Waals surface area contributed by atoms with Gasteiger partial charge >= 0.3 is 0 Å². The quantitative estimate of drug-likeness (QED) is 0.749. The van der Waals surface area contributed by atoms with Gasteiger partial charge in [0.15, 0.2) is 0 Å². The van der Waals surface area contributed by atoms with Gasteiger partial charge in [-0.2, -0.15) is 0 Å². The van der Waals surface area contributed by atoms with Crippen LogP contribution < -0.4 is 10.00 Å². The van der Waals surface area contributed by atoms with E-state index in [0.29, 0.717) is 5.65 Å². The molecule has 3 heterocycles. The number of hydrogen-bond donors (Lipinski definition) is 1. The molecule has 1 unspecified atom stereocenters. The van der Waals surface area contributed by atoms with Gasteiger partial charge in [-0.3, -0.25) is 5.10 Å². The van der Waals surface area contributed by atoms with Gasteiger partial charge in [0.2, 0.25) is 0 Å². The molecular weight excluding hydrogens is 380 g/mol. The number of aromatic nitrogens is 4. The third-order valence-corrected chi connectivity index (χ3v) is 2.81. The second kappa shape index (κ2) is 4.46. The van der Waals surface area contributed by atoms with Gasteiger partial charge in [-0.1, -0.05) is 0 Å². The Morgan fingerprint density at radius 3 is 3.06 bits per heavy atom. The molecule has 6 nitrogen and oxygen atoms in total. The molecular formula is C9H10N5ORe-. The van der Waals surface area contributed by atoms with E-state index in [4.69, 9.17) is 5.11 Å². The predicted molar refractivity (Wildman–Crippen MR) is 53.5 cm³/mol. The van der Waals surface area contributed by atoms with E-state index >= 15 is 0 Å². The summed E-state index contributed by atoms with van der Waals surface area (Å²) < 4.78 is 0. The van der Waals surface area contributed by atoms with Crippen LogP contribution in [0.25, 0.3) is 11.0 Å². The molecule has 85 valence electrons. The van der Waals surface area contributed by atoms with Gasteiger partial charge in [0.25, 0.3) is 0 Å². The summed E-state index contributed by atoms with van der Waals surface area (Å²) >= 11 is 0. The van der Waals surface area contributed by atoms with Crippen molar-refractivity contribution in [3.63, 3.8) is 0 Å². The van der Waals surface area contributed by atoms with Gasteiger partial charge in [-0.25, -0.2) is 4.98 Å². The molecule has 0 bridgehead atoms. The first-order valence-electron chi connectivity index (χ1n) is 4.86. The minimum Gasteiger partial charge on any atom is -0.425 e. The van der Waals surface area contributed by atoms with E-state index in [2.05, 4.69) is 25.1 Å². The molecule has 2 aromatic rings. The number of anilines is 1. The molecule has 16 heavy (non-hydrogen) atoms. The van der Waals surface area contributed by atoms with Crippen LogP contribution >= 0.6 is 0 Å². The molecule has 1 atom stereocenters. The zero-order chi connectivity index (χ0) is 10.3. The van der Waals surface area contributed by atoms with Crippen molar-refractivity contribution >= 4 is 16.9 Å². The second-order valence-corrected chi connectivity index (χ2v) is 3.60. The third kappa shape index (κ3) is 1.61. The number of rotatable bonds is 2. The molecule has 0 aliphatic carbocycles. The first-order chi connectivity index (χ1) is 7.40. The van der Waals surface area contributed by atoms with Crippen LogP contribution in [0.3, 0.4) is 0 Å². The number of fused-ring (bicyclic) bond motifs is 1. The summed E-state index contributed by atoms with van der Waals surface area (Å²) in [5.74, 6) is 0.829. The van der Waals surface area contributed by atoms with E-state index < -0.39 is 0 Å². The van der Waals surface area contributed by atoms with Crippen molar-refractivity contribution in [3.8, 4) is 0 Å². The molecule has 7 heteroatoms. The van der Waals surface area contributed by atoms with Gasteiger partial charge in [0.05, 0.1) is 12.6 Å². The van der Waals surface area contributed by atoms with Crippen LogP contribution in [0.1, 0.15) is 6.42 Å². The monoisotopic (exact) mass is 391 g/mol. The van der Waals surface area contributed by atoms with Crippen molar-refractivity contribution in [2.24, 2.45) is 0 Å². The summed E-state index contributed by atoms with van der Waals surface area (Å²) in [5.41, 5.74) is 0.614. The number of aliphatic hydroxyl groups is 1. The molecule has 0 spiro atoms. The minimum absolute atomic E-state index is 0. The average molecular weight is 390 g/mol. The first-order valence-corrected chi connectivity index (χ1v) is 4.86. The summed E-state index contributed by atoms with van der Waals surface area (Å²) in [6.07, 6.45) is 4.15. The number of hydrogen-bond acceptors (Lipinski definition) is 5. The fourth-order valence-corrected chi connectivity index (χ4v) is 1.85. The Morgan fingerprint density at radius 2 is 2.38 bits per heavy atom. The van der Waals surface area contributed by atoms with Crippen molar-refractivity contribution in [2.75, 3.05) is 18.1 Å². The zero-order valence-electron chi connectivity index (χ0n) is 8.41. The maximum atomic E-state index is 9.12. The van der Waals surface area contributed by atoms with Crippen LogP contribution in [0.15, 0.2) is 12.5 Å². The standard InChI is InChI=1S/C9H10N5O.Re/c15-4-6-1-2-14(6)9-7-3-12-13-8(7)10-5-11-9;/h3,5-6,15H,1-2,4H2;/q-1;. The van der Waals surface area contributed by atoms with Crippen LogP contribution in [-0.2, 0) is 20.4 Å². The Labute approximate surface area is 106 Å². The Bertz CT molecular complexity index is 485. The van der Waals surface area contributed by atoms with E-state index in [1.165, 1.54) is 6.33 Å². The molecule has 0 saturated carbocycles. The summed E-state index contributed by atoms with van der Waals surface area (Å²) in [7, 11) is 0. The van der Waals surface area contributed by atoms with Crippen LogP contribution in [0, 0.1) is 0 Å². The predicted octanol–water partition coefficient (Wildman–Crippen LogP) is -0.450. The van der Waals surface area contributed by atoms with E-state index in [1.807, 2.05) is 0 Å². The summed E-state index contributed by atoms with van der Waals surface area (Å²) in [6, 6.07) is 0.179. The summed E-state index contributed by atoms with van der Waals surface area (Å²) in [6.45, 7) is 1.08. The summed E-state index contributed by atoms with van der Waals surface area (Å²) in [4.78, 5) is 10.3. The molecule has 1 aliphatic rings. The molecule has 1 aliphatic heterocycles. The van der Waals surface area contributed by atoms with E-state index in [9.17, 15) is 0 Å². The zero-order valence-corrected chi connectivity index (χ0v) is 11.1. The smallest absolute Gasteiger partial charge is 0.137 e. The molecule has 1 N–H and O–H groups in total. The number of nitrogens with zero attached hydrogens (tertiary/aromatic N) is 5. The summed E-state index contributed by atoms with van der Waals surface area (Å²) in [5, 5.41) is 17.7. The number of aliphatic hydroxyl groups excluding tert-OH is 1. The van der Waals surface area contributed by atoms with Gasteiger partial charge in [-0.05, 0) is 12.1 Å². The molecule has 2 aromatic heterocycles. The largest absolute Gasteiger partial charge is 0.425 e. The van der Waals surface area contributed by atoms with Crippen molar-refractivity contribution in [1.29, 1.82) is 0 Å². The molecule has 3 rings (SSSR count). The van der Waals surface area contributed by atoms with E-state index in [0.717, 1.165) is 24.2 Å².